The van der Waals surface area contributed by atoms with Crippen LogP contribution in [0.25, 0.3) is 0 Å². The number of rotatable bonds is 6. The normalized spacial score (nSPS) is 20.3. The van der Waals surface area contributed by atoms with Crippen molar-refractivity contribution in [2.75, 3.05) is 33.4 Å². The molecule has 1 unspecified atom stereocenters. The quantitative estimate of drug-likeness (QED) is 0.861. The lowest BCUT2D eigenvalue weighted by molar-refractivity contribution is -0.0117. The van der Waals surface area contributed by atoms with Gasteiger partial charge in [0, 0.05) is 37.3 Å². The zero-order valence-corrected chi connectivity index (χ0v) is 12.8. The number of hydrogen-bond donors (Lipinski definition) is 1. The SMILES string of the molecule is COc1ccccc1CN1CCOCC1CNC(C)C. The van der Waals surface area contributed by atoms with Crippen molar-refractivity contribution in [2.45, 2.75) is 32.5 Å². The summed E-state index contributed by atoms with van der Waals surface area (Å²) in [6.45, 7) is 8.82. The van der Waals surface area contributed by atoms with Gasteiger partial charge in [0.25, 0.3) is 0 Å². The summed E-state index contributed by atoms with van der Waals surface area (Å²) in [7, 11) is 1.73. The van der Waals surface area contributed by atoms with Gasteiger partial charge in [0.15, 0.2) is 0 Å². The van der Waals surface area contributed by atoms with Gasteiger partial charge in [-0.1, -0.05) is 32.0 Å². The lowest BCUT2D eigenvalue weighted by atomic mass is 10.1. The molecule has 0 spiro atoms. The van der Waals surface area contributed by atoms with Crippen LogP contribution in [-0.4, -0.2) is 50.4 Å². The number of ether oxygens (including phenoxy) is 2. The summed E-state index contributed by atoms with van der Waals surface area (Å²) in [5.74, 6) is 0.967. The Hall–Kier alpha value is -1.10. The van der Waals surface area contributed by atoms with Gasteiger partial charge in [-0.3, -0.25) is 4.90 Å². The molecular weight excluding hydrogens is 252 g/mol. The first-order valence-corrected chi connectivity index (χ1v) is 7.37. The predicted octanol–water partition coefficient (Wildman–Crippen LogP) is 1.89. The minimum atomic E-state index is 0.427. The number of benzene rings is 1. The maximum Gasteiger partial charge on any atom is 0.123 e. The van der Waals surface area contributed by atoms with Crippen molar-refractivity contribution in [1.29, 1.82) is 0 Å². The average Bonchev–Trinajstić information content (AvgIpc) is 2.47. The number of morpholine rings is 1. The maximum absolute atomic E-state index is 5.63. The van der Waals surface area contributed by atoms with Gasteiger partial charge in [-0.25, -0.2) is 0 Å². The fourth-order valence-electron chi connectivity index (χ4n) is 2.51. The van der Waals surface area contributed by atoms with Crippen LogP contribution in [0.4, 0.5) is 0 Å². The minimum absolute atomic E-state index is 0.427. The van der Waals surface area contributed by atoms with E-state index in [-0.39, 0.29) is 0 Å². The van der Waals surface area contributed by atoms with Crippen LogP contribution in [-0.2, 0) is 11.3 Å². The smallest absolute Gasteiger partial charge is 0.123 e. The van der Waals surface area contributed by atoms with E-state index in [0.717, 1.165) is 38.6 Å². The minimum Gasteiger partial charge on any atom is -0.496 e. The van der Waals surface area contributed by atoms with Crippen molar-refractivity contribution in [3.63, 3.8) is 0 Å². The molecule has 1 aliphatic heterocycles. The molecule has 0 bridgehead atoms. The van der Waals surface area contributed by atoms with Crippen LogP contribution >= 0.6 is 0 Å². The summed E-state index contributed by atoms with van der Waals surface area (Å²) >= 11 is 0. The van der Waals surface area contributed by atoms with Crippen LogP contribution in [0.15, 0.2) is 24.3 Å². The van der Waals surface area contributed by atoms with E-state index in [1.165, 1.54) is 5.56 Å². The van der Waals surface area contributed by atoms with E-state index in [1.807, 2.05) is 12.1 Å². The molecule has 112 valence electrons. The molecule has 1 heterocycles. The standard InChI is InChI=1S/C16H26N2O2/c1-13(2)17-10-15-12-20-9-8-18(15)11-14-6-4-5-7-16(14)19-3/h4-7,13,15,17H,8-12H2,1-3H3. The second kappa shape index (κ2) is 7.62. The highest BCUT2D eigenvalue weighted by Gasteiger charge is 2.23. The molecule has 1 aromatic rings. The molecule has 1 aliphatic rings. The number of para-hydroxylation sites is 1. The van der Waals surface area contributed by atoms with E-state index in [4.69, 9.17) is 9.47 Å². The Balaban J connectivity index is 2.00. The molecule has 20 heavy (non-hydrogen) atoms. The highest BCUT2D eigenvalue weighted by Crippen LogP contribution is 2.21. The molecule has 0 aliphatic carbocycles. The van der Waals surface area contributed by atoms with E-state index in [2.05, 4.69) is 36.2 Å². The van der Waals surface area contributed by atoms with Crippen LogP contribution in [0.5, 0.6) is 5.75 Å². The summed E-state index contributed by atoms with van der Waals surface area (Å²) in [5.41, 5.74) is 1.24. The molecule has 0 radical (unpaired) electrons. The van der Waals surface area contributed by atoms with Gasteiger partial charge in [0.2, 0.25) is 0 Å². The molecule has 2 rings (SSSR count). The summed E-state index contributed by atoms with van der Waals surface area (Å²) < 4.78 is 11.1. The number of methoxy groups -OCH3 is 1. The Morgan fingerprint density at radius 2 is 2.20 bits per heavy atom. The monoisotopic (exact) mass is 278 g/mol. The van der Waals surface area contributed by atoms with Gasteiger partial charge in [0.1, 0.15) is 5.75 Å². The average molecular weight is 278 g/mol. The third-order valence-electron chi connectivity index (χ3n) is 3.68. The van der Waals surface area contributed by atoms with Gasteiger partial charge >= 0.3 is 0 Å². The van der Waals surface area contributed by atoms with E-state index < -0.39 is 0 Å². The molecular formula is C16H26N2O2. The van der Waals surface area contributed by atoms with Gasteiger partial charge in [-0.15, -0.1) is 0 Å². The highest BCUT2D eigenvalue weighted by molar-refractivity contribution is 5.33. The number of nitrogens with one attached hydrogen (secondary N) is 1. The molecule has 1 aromatic carbocycles. The first-order valence-electron chi connectivity index (χ1n) is 7.37. The molecule has 0 amide bonds. The topological polar surface area (TPSA) is 33.7 Å². The van der Waals surface area contributed by atoms with E-state index in [1.54, 1.807) is 7.11 Å². The van der Waals surface area contributed by atoms with Crippen molar-refractivity contribution in [1.82, 2.24) is 10.2 Å². The fraction of sp³-hybridized carbons (Fsp3) is 0.625. The summed E-state index contributed by atoms with van der Waals surface area (Å²) in [6.07, 6.45) is 0. The molecule has 0 saturated carbocycles. The summed E-state index contributed by atoms with van der Waals surface area (Å²) in [4.78, 5) is 2.48. The molecule has 1 fully saturated rings. The molecule has 4 heteroatoms. The Morgan fingerprint density at radius 1 is 1.40 bits per heavy atom. The third kappa shape index (κ3) is 4.20. The zero-order valence-electron chi connectivity index (χ0n) is 12.8. The predicted molar refractivity (Wildman–Crippen MR) is 81.1 cm³/mol. The largest absolute Gasteiger partial charge is 0.496 e. The fourth-order valence-corrected chi connectivity index (χ4v) is 2.51. The Kier molecular flexibility index (Phi) is 5.83. The van der Waals surface area contributed by atoms with E-state index >= 15 is 0 Å². The molecule has 1 N–H and O–H groups in total. The van der Waals surface area contributed by atoms with E-state index in [9.17, 15) is 0 Å². The second-order valence-corrected chi connectivity index (χ2v) is 5.57. The lowest BCUT2D eigenvalue weighted by Gasteiger charge is -2.36. The maximum atomic E-state index is 5.63. The molecule has 0 aromatic heterocycles. The van der Waals surface area contributed by atoms with Crippen molar-refractivity contribution < 1.29 is 9.47 Å². The lowest BCUT2D eigenvalue weighted by Crippen LogP contribution is -2.50. The van der Waals surface area contributed by atoms with Crippen LogP contribution in [0.2, 0.25) is 0 Å². The van der Waals surface area contributed by atoms with Crippen molar-refractivity contribution in [2.24, 2.45) is 0 Å². The van der Waals surface area contributed by atoms with Crippen LogP contribution in [0.3, 0.4) is 0 Å². The molecule has 4 nitrogen and oxygen atoms in total. The van der Waals surface area contributed by atoms with Crippen molar-refractivity contribution in [3.05, 3.63) is 29.8 Å². The van der Waals surface area contributed by atoms with Crippen LogP contribution in [0.1, 0.15) is 19.4 Å². The Morgan fingerprint density at radius 3 is 2.95 bits per heavy atom. The molecule has 1 saturated heterocycles. The summed E-state index contributed by atoms with van der Waals surface area (Å²) in [5, 5.41) is 3.51. The van der Waals surface area contributed by atoms with Crippen molar-refractivity contribution >= 4 is 0 Å². The van der Waals surface area contributed by atoms with Gasteiger partial charge in [-0.05, 0) is 6.07 Å². The summed E-state index contributed by atoms with van der Waals surface area (Å²) in [6, 6.07) is 9.18. The Labute approximate surface area is 122 Å². The molecule has 1 atom stereocenters. The zero-order chi connectivity index (χ0) is 14.4. The van der Waals surface area contributed by atoms with Crippen molar-refractivity contribution in [3.8, 4) is 5.75 Å². The van der Waals surface area contributed by atoms with Crippen LogP contribution in [0, 0.1) is 0 Å². The second-order valence-electron chi connectivity index (χ2n) is 5.57. The van der Waals surface area contributed by atoms with Gasteiger partial charge in [0.05, 0.1) is 20.3 Å². The number of hydrogen-bond acceptors (Lipinski definition) is 4. The highest BCUT2D eigenvalue weighted by atomic mass is 16.5. The first-order chi connectivity index (χ1) is 9.70. The van der Waals surface area contributed by atoms with E-state index in [0.29, 0.717) is 12.1 Å². The Bertz CT molecular complexity index is 409. The third-order valence-corrected chi connectivity index (χ3v) is 3.68. The van der Waals surface area contributed by atoms with Gasteiger partial charge in [-0.2, -0.15) is 0 Å². The number of nitrogens with zero attached hydrogens (tertiary/aromatic N) is 1. The van der Waals surface area contributed by atoms with Crippen LogP contribution < -0.4 is 10.1 Å². The van der Waals surface area contributed by atoms with Gasteiger partial charge < -0.3 is 14.8 Å². The first kappa shape index (κ1) is 15.3.